The van der Waals surface area contributed by atoms with Crippen molar-refractivity contribution in [3.05, 3.63) is 24.3 Å². The van der Waals surface area contributed by atoms with Gasteiger partial charge in [-0.25, -0.2) is 0 Å². The van der Waals surface area contributed by atoms with Crippen molar-refractivity contribution in [2.24, 2.45) is 7.05 Å². The minimum atomic E-state index is 0.653. The number of nitrogens with zero attached hydrogens (tertiary/aromatic N) is 3. The summed E-state index contributed by atoms with van der Waals surface area (Å²) in [4.78, 5) is 2.19. The van der Waals surface area contributed by atoms with E-state index in [9.17, 15) is 0 Å². The van der Waals surface area contributed by atoms with Gasteiger partial charge in [-0.15, -0.1) is 0 Å². The first-order valence-corrected chi connectivity index (χ1v) is 5.93. The van der Waals surface area contributed by atoms with E-state index >= 15 is 0 Å². The van der Waals surface area contributed by atoms with Crippen LogP contribution >= 0.6 is 0 Å². The number of aromatic nitrogens is 2. The van der Waals surface area contributed by atoms with Crippen LogP contribution in [0, 0.1) is 0 Å². The summed E-state index contributed by atoms with van der Waals surface area (Å²) in [5, 5.41) is 4.37. The molecule has 2 N–H and O–H groups in total. The van der Waals surface area contributed by atoms with Crippen molar-refractivity contribution >= 4 is 11.5 Å². The number of nitrogen functional groups attached to an aromatic ring is 1. The molecular formula is C13H16N4O. The molecule has 2 heterocycles. The maximum absolute atomic E-state index is 5.80. The SMILES string of the molecule is CN1CCOc2cc(-c3cc(N)n(C)n3)ccc21. The van der Waals surface area contributed by atoms with Gasteiger partial charge in [0.25, 0.3) is 0 Å². The molecule has 0 unspecified atom stereocenters. The van der Waals surface area contributed by atoms with E-state index < -0.39 is 0 Å². The standard InChI is InChI=1S/C13H16N4O/c1-16-5-6-18-12-7-9(3-4-11(12)16)10-8-13(14)17(2)15-10/h3-4,7-8H,5-6,14H2,1-2H3. The lowest BCUT2D eigenvalue weighted by Gasteiger charge is -2.27. The van der Waals surface area contributed by atoms with Crippen molar-refractivity contribution in [3.63, 3.8) is 0 Å². The van der Waals surface area contributed by atoms with Gasteiger partial charge in [-0.3, -0.25) is 4.68 Å². The third-order valence-corrected chi connectivity index (χ3v) is 3.27. The van der Waals surface area contributed by atoms with Gasteiger partial charge in [-0.2, -0.15) is 5.10 Å². The van der Waals surface area contributed by atoms with Crippen molar-refractivity contribution in [2.45, 2.75) is 0 Å². The summed E-state index contributed by atoms with van der Waals surface area (Å²) in [6.45, 7) is 1.64. The van der Waals surface area contributed by atoms with Gasteiger partial charge in [0.2, 0.25) is 0 Å². The van der Waals surface area contributed by atoms with Gasteiger partial charge in [0.05, 0.1) is 17.9 Å². The molecule has 0 amide bonds. The smallest absolute Gasteiger partial charge is 0.143 e. The Labute approximate surface area is 106 Å². The van der Waals surface area contributed by atoms with Gasteiger partial charge in [0.15, 0.2) is 0 Å². The predicted octanol–water partition coefficient (Wildman–Crippen LogP) is 1.50. The minimum absolute atomic E-state index is 0.653. The van der Waals surface area contributed by atoms with Crippen molar-refractivity contribution < 1.29 is 4.74 Å². The van der Waals surface area contributed by atoms with E-state index in [0.29, 0.717) is 5.82 Å². The summed E-state index contributed by atoms with van der Waals surface area (Å²) >= 11 is 0. The summed E-state index contributed by atoms with van der Waals surface area (Å²) in [6.07, 6.45) is 0. The number of nitrogens with two attached hydrogens (primary N) is 1. The lowest BCUT2D eigenvalue weighted by atomic mass is 10.1. The molecule has 0 radical (unpaired) electrons. The van der Waals surface area contributed by atoms with E-state index in [2.05, 4.69) is 23.1 Å². The molecule has 94 valence electrons. The highest BCUT2D eigenvalue weighted by Gasteiger charge is 2.16. The third kappa shape index (κ3) is 1.68. The molecule has 1 aliphatic rings. The number of aryl methyl sites for hydroxylation is 1. The third-order valence-electron chi connectivity index (χ3n) is 3.27. The highest BCUT2D eigenvalue weighted by molar-refractivity contribution is 5.71. The maximum Gasteiger partial charge on any atom is 0.143 e. The van der Waals surface area contributed by atoms with E-state index in [4.69, 9.17) is 10.5 Å². The lowest BCUT2D eigenvalue weighted by Crippen LogP contribution is -2.28. The number of rotatable bonds is 1. The monoisotopic (exact) mass is 244 g/mol. The van der Waals surface area contributed by atoms with E-state index in [1.54, 1.807) is 4.68 Å². The number of ether oxygens (including phenoxy) is 1. The molecule has 1 aliphatic heterocycles. The van der Waals surface area contributed by atoms with Gasteiger partial charge >= 0.3 is 0 Å². The molecule has 5 heteroatoms. The quantitative estimate of drug-likeness (QED) is 0.826. The molecule has 3 rings (SSSR count). The molecule has 2 aromatic rings. The molecule has 0 spiro atoms. The highest BCUT2D eigenvalue weighted by atomic mass is 16.5. The normalized spacial score (nSPS) is 14.2. The van der Waals surface area contributed by atoms with Crippen LogP contribution in [-0.2, 0) is 7.05 Å². The Kier molecular flexibility index (Phi) is 2.40. The number of hydrogen-bond acceptors (Lipinski definition) is 4. The van der Waals surface area contributed by atoms with Gasteiger partial charge in [-0.05, 0) is 12.1 Å². The second kappa shape index (κ2) is 3.94. The second-order valence-electron chi connectivity index (χ2n) is 4.53. The molecule has 0 bridgehead atoms. The van der Waals surface area contributed by atoms with Gasteiger partial charge in [0.1, 0.15) is 18.2 Å². The molecule has 0 fully saturated rings. The van der Waals surface area contributed by atoms with E-state index in [-0.39, 0.29) is 0 Å². The van der Waals surface area contributed by atoms with Crippen molar-refractivity contribution in [2.75, 3.05) is 30.8 Å². The van der Waals surface area contributed by atoms with Crippen LogP contribution in [0.3, 0.4) is 0 Å². The molecule has 0 saturated heterocycles. The predicted molar refractivity (Wildman–Crippen MR) is 71.8 cm³/mol. The summed E-state index contributed by atoms with van der Waals surface area (Å²) in [7, 11) is 3.90. The van der Waals surface area contributed by atoms with Crippen LogP contribution in [0.1, 0.15) is 0 Å². The van der Waals surface area contributed by atoms with Gasteiger partial charge in [0, 0.05) is 25.7 Å². The Balaban J connectivity index is 2.04. The largest absolute Gasteiger partial charge is 0.490 e. The average molecular weight is 244 g/mol. The fourth-order valence-electron chi connectivity index (χ4n) is 2.14. The van der Waals surface area contributed by atoms with Gasteiger partial charge < -0.3 is 15.4 Å². The fourth-order valence-corrected chi connectivity index (χ4v) is 2.14. The van der Waals surface area contributed by atoms with Crippen LogP contribution in [0.2, 0.25) is 0 Å². The molecular weight excluding hydrogens is 228 g/mol. The molecule has 18 heavy (non-hydrogen) atoms. The Bertz CT molecular complexity index is 571. The van der Waals surface area contributed by atoms with Crippen LogP contribution in [0.25, 0.3) is 11.3 Å². The van der Waals surface area contributed by atoms with Crippen molar-refractivity contribution in [3.8, 4) is 17.0 Å². The molecule has 1 aromatic carbocycles. The van der Waals surface area contributed by atoms with Gasteiger partial charge in [-0.1, -0.05) is 6.07 Å². The van der Waals surface area contributed by atoms with Crippen LogP contribution in [0.5, 0.6) is 5.75 Å². The van der Waals surface area contributed by atoms with Crippen molar-refractivity contribution in [1.82, 2.24) is 9.78 Å². The zero-order chi connectivity index (χ0) is 12.7. The first kappa shape index (κ1) is 11.0. The fraction of sp³-hybridized carbons (Fsp3) is 0.308. The highest BCUT2D eigenvalue weighted by Crippen LogP contribution is 2.34. The Morgan fingerprint density at radius 1 is 1.28 bits per heavy atom. The molecule has 0 saturated carbocycles. The Morgan fingerprint density at radius 3 is 2.83 bits per heavy atom. The minimum Gasteiger partial charge on any atom is -0.490 e. The van der Waals surface area contributed by atoms with Crippen LogP contribution < -0.4 is 15.4 Å². The Morgan fingerprint density at radius 2 is 2.11 bits per heavy atom. The molecule has 1 aromatic heterocycles. The summed E-state index contributed by atoms with van der Waals surface area (Å²) in [5.74, 6) is 1.56. The first-order valence-electron chi connectivity index (χ1n) is 5.93. The van der Waals surface area contributed by atoms with Crippen LogP contribution in [-0.4, -0.2) is 30.0 Å². The zero-order valence-corrected chi connectivity index (χ0v) is 10.6. The van der Waals surface area contributed by atoms with E-state index in [1.165, 1.54) is 0 Å². The zero-order valence-electron chi connectivity index (χ0n) is 10.6. The summed E-state index contributed by atoms with van der Waals surface area (Å²) in [6, 6.07) is 8.00. The number of hydrogen-bond donors (Lipinski definition) is 1. The van der Waals surface area contributed by atoms with E-state index in [1.807, 2.05) is 25.2 Å². The van der Waals surface area contributed by atoms with Crippen molar-refractivity contribution in [1.29, 1.82) is 0 Å². The molecule has 5 nitrogen and oxygen atoms in total. The molecule has 0 aliphatic carbocycles. The Hall–Kier alpha value is -2.17. The maximum atomic E-state index is 5.80. The first-order chi connectivity index (χ1) is 8.65. The number of fused-ring (bicyclic) bond motifs is 1. The van der Waals surface area contributed by atoms with Crippen LogP contribution in [0.4, 0.5) is 11.5 Å². The number of anilines is 2. The van der Waals surface area contributed by atoms with Crippen LogP contribution in [0.15, 0.2) is 24.3 Å². The molecule has 0 atom stereocenters. The average Bonchev–Trinajstić information content (AvgIpc) is 2.70. The number of benzene rings is 1. The summed E-state index contributed by atoms with van der Waals surface area (Å²) in [5.41, 5.74) is 8.81. The van der Waals surface area contributed by atoms with E-state index in [0.717, 1.165) is 35.8 Å². The number of likely N-dealkylation sites (N-methyl/N-ethyl adjacent to an activating group) is 1. The second-order valence-corrected chi connectivity index (χ2v) is 4.53. The topological polar surface area (TPSA) is 56.3 Å². The lowest BCUT2D eigenvalue weighted by molar-refractivity contribution is 0.311. The summed E-state index contributed by atoms with van der Waals surface area (Å²) < 4.78 is 7.35.